The number of amides is 1. The summed E-state index contributed by atoms with van der Waals surface area (Å²) >= 11 is 0. The largest absolute Gasteiger partial charge is 0.433 e. The molecule has 0 aliphatic rings. The maximum Gasteiger partial charge on any atom is 0.433 e. The van der Waals surface area contributed by atoms with Gasteiger partial charge in [-0.2, -0.15) is 13.2 Å². The smallest absolute Gasteiger partial charge is 0.319 e. The highest BCUT2D eigenvalue weighted by Gasteiger charge is 2.32. The third-order valence-electron chi connectivity index (χ3n) is 3.05. The first-order valence-corrected chi connectivity index (χ1v) is 6.73. The van der Waals surface area contributed by atoms with Crippen molar-refractivity contribution in [3.05, 3.63) is 66.6 Å². The van der Waals surface area contributed by atoms with Crippen molar-refractivity contribution in [2.45, 2.75) is 6.18 Å². The van der Waals surface area contributed by atoms with E-state index in [1.165, 1.54) is 12.4 Å². The van der Waals surface area contributed by atoms with Crippen LogP contribution >= 0.6 is 0 Å². The number of nitrogens with one attached hydrogen (secondary N) is 1. The molecule has 0 fully saturated rings. The van der Waals surface area contributed by atoms with Gasteiger partial charge >= 0.3 is 6.18 Å². The van der Waals surface area contributed by atoms with Gasteiger partial charge in [0.15, 0.2) is 0 Å². The molecule has 0 aliphatic carbocycles. The number of anilines is 1. The van der Waals surface area contributed by atoms with E-state index in [9.17, 15) is 18.0 Å². The number of carbonyl (C=O) groups is 1. The van der Waals surface area contributed by atoms with Gasteiger partial charge < -0.3 is 5.32 Å². The molecule has 0 aliphatic heterocycles. The number of aromatic nitrogens is 4. The number of carbonyl (C=O) groups excluding carboxylic acids is 1. The van der Waals surface area contributed by atoms with Crippen LogP contribution in [0.2, 0.25) is 0 Å². The lowest BCUT2D eigenvalue weighted by molar-refractivity contribution is -0.141. The normalized spacial score (nSPS) is 11.3. The quantitative estimate of drug-likeness (QED) is 0.800. The molecule has 0 bridgehead atoms. The van der Waals surface area contributed by atoms with E-state index >= 15 is 0 Å². The molecule has 0 saturated carbocycles. The first-order valence-electron chi connectivity index (χ1n) is 6.73. The van der Waals surface area contributed by atoms with Crippen LogP contribution in [0.25, 0.3) is 5.82 Å². The second-order valence-electron chi connectivity index (χ2n) is 4.73. The zero-order chi connectivity index (χ0) is 17.2. The molecule has 3 heterocycles. The molecule has 0 saturated heterocycles. The Hall–Kier alpha value is -3.23. The van der Waals surface area contributed by atoms with Crippen LogP contribution in [0.4, 0.5) is 18.9 Å². The van der Waals surface area contributed by atoms with Gasteiger partial charge in [-0.25, -0.2) is 15.0 Å². The molecule has 1 N–H and O–H groups in total. The van der Waals surface area contributed by atoms with E-state index in [1.807, 2.05) is 0 Å². The zero-order valence-corrected chi connectivity index (χ0v) is 12.0. The summed E-state index contributed by atoms with van der Waals surface area (Å²) in [6, 6.07) is 6.76. The van der Waals surface area contributed by atoms with E-state index in [1.54, 1.807) is 29.1 Å². The number of hydrogen-bond donors (Lipinski definition) is 1. The van der Waals surface area contributed by atoms with Crippen molar-refractivity contribution >= 4 is 11.6 Å². The maximum absolute atomic E-state index is 12.5. The number of pyridine rings is 2. The van der Waals surface area contributed by atoms with Crippen molar-refractivity contribution in [1.29, 1.82) is 0 Å². The van der Waals surface area contributed by atoms with E-state index in [4.69, 9.17) is 0 Å². The van der Waals surface area contributed by atoms with Gasteiger partial charge in [0.05, 0.1) is 11.9 Å². The number of hydrogen-bond acceptors (Lipinski definition) is 4. The summed E-state index contributed by atoms with van der Waals surface area (Å²) in [5.74, 6) is -0.0655. The first kappa shape index (κ1) is 15.7. The standard InChI is InChI=1S/C15H10F3N5O/c16-15(17,18)12-5-4-10(8-20-12)21-14(24)11-2-1-3-13(22-11)23-7-6-19-9-23/h1-9H,(H,21,24). The summed E-state index contributed by atoms with van der Waals surface area (Å²) in [5.41, 5.74) is -0.773. The van der Waals surface area contributed by atoms with Gasteiger partial charge in [-0.15, -0.1) is 0 Å². The Balaban J connectivity index is 1.77. The van der Waals surface area contributed by atoms with Gasteiger partial charge in [-0.1, -0.05) is 6.07 Å². The molecule has 6 nitrogen and oxygen atoms in total. The van der Waals surface area contributed by atoms with Crippen molar-refractivity contribution in [1.82, 2.24) is 19.5 Å². The molecular weight excluding hydrogens is 323 g/mol. The van der Waals surface area contributed by atoms with Gasteiger partial charge in [-0.05, 0) is 24.3 Å². The van der Waals surface area contributed by atoms with Crippen LogP contribution < -0.4 is 5.32 Å². The molecule has 0 atom stereocenters. The highest BCUT2D eigenvalue weighted by Crippen LogP contribution is 2.27. The fourth-order valence-corrected chi connectivity index (χ4v) is 1.92. The SMILES string of the molecule is O=C(Nc1ccc(C(F)(F)F)nc1)c1cccc(-n2ccnc2)n1. The van der Waals surface area contributed by atoms with Gasteiger partial charge in [0.2, 0.25) is 0 Å². The molecular formula is C15H10F3N5O. The molecule has 0 aromatic carbocycles. The predicted molar refractivity (Wildman–Crippen MR) is 78.6 cm³/mol. The van der Waals surface area contributed by atoms with E-state index in [0.29, 0.717) is 5.82 Å². The predicted octanol–water partition coefficient (Wildman–Crippen LogP) is 2.93. The van der Waals surface area contributed by atoms with Crippen LogP contribution in [-0.4, -0.2) is 25.4 Å². The minimum absolute atomic E-state index is 0.112. The van der Waals surface area contributed by atoms with Crippen LogP contribution in [0.1, 0.15) is 16.2 Å². The summed E-state index contributed by atoms with van der Waals surface area (Å²) in [6.07, 6.45) is 1.19. The van der Waals surface area contributed by atoms with Crippen LogP contribution in [-0.2, 0) is 6.18 Å². The van der Waals surface area contributed by atoms with Gasteiger partial charge in [0.25, 0.3) is 5.91 Å². The van der Waals surface area contributed by atoms with Crippen molar-refractivity contribution in [2.24, 2.45) is 0 Å². The Morgan fingerprint density at radius 3 is 2.62 bits per heavy atom. The number of nitrogens with zero attached hydrogens (tertiary/aromatic N) is 4. The molecule has 3 rings (SSSR count). The number of rotatable bonds is 3. The molecule has 0 unspecified atom stereocenters. The average Bonchev–Trinajstić information content (AvgIpc) is 3.09. The summed E-state index contributed by atoms with van der Waals surface area (Å²) in [5, 5.41) is 2.45. The third-order valence-corrected chi connectivity index (χ3v) is 3.05. The Morgan fingerprint density at radius 1 is 1.17 bits per heavy atom. The molecule has 3 aromatic heterocycles. The van der Waals surface area contributed by atoms with E-state index in [-0.39, 0.29) is 11.4 Å². The van der Waals surface area contributed by atoms with Crippen molar-refractivity contribution < 1.29 is 18.0 Å². The summed E-state index contributed by atoms with van der Waals surface area (Å²) in [6.45, 7) is 0. The summed E-state index contributed by atoms with van der Waals surface area (Å²) in [4.78, 5) is 23.5. The van der Waals surface area contributed by atoms with Gasteiger partial charge in [-0.3, -0.25) is 9.36 Å². The number of alkyl halides is 3. The lowest BCUT2D eigenvalue weighted by atomic mass is 10.3. The molecule has 24 heavy (non-hydrogen) atoms. The third kappa shape index (κ3) is 3.40. The van der Waals surface area contributed by atoms with Crippen LogP contribution in [0, 0.1) is 0 Å². The molecule has 122 valence electrons. The highest BCUT2D eigenvalue weighted by atomic mass is 19.4. The second-order valence-corrected chi connectivity index (χ2v) is 4.73. The minimum atomic E-state index is -4.52. The Morgan fingerprint density at radius 2 is 2.00 bits per heavy atom. The van der Waals surface area contributed by atoms with Crippen LogP contribution in [0.15, 0.2) is 55.2 Å². The average molecular weight is 333 g/mol. The fraction of sp³-hybridized carbons (Fsp3) is 0.0667. The monoisotopic (exact) mass is 333 g/mol. The molecule has 9 heteroatoms. The molecule has 3 aromatic rings. The van der Waals surface area contributed by atoms with E-state index in [0.717, 1.165) is 18.3 Å². The molecule has 1 amide bonds. The van der Waals surface area contributed by atoms with Crippen LogP contribution in [0.5, 0.6) is 0 Å². The fourth-order valence-electron chi connectivity index (χ4n) is 1.92. The number of imidazole rings is 1. The van der Waals surface area contributed by atoms with Gasteiger partial charge in [0.1, 0.15) is 23.5 Å². The van der Waals surface area contributed by atoms with Crippen molar-refractivity contribution in [2.75, 3.05) is 5.32 Å². The molecule has 0 radical (unpaired) electrons. The lowest BCUT2D eigenvalue weighted by Gasteiger charge is -2.08. The minimum Gasteiger partial charge on any atom is -0.319 e. The van der Waals surface area contributed by atoms with Crippen molar-refractivity contribution in [3.63, 3.8) is 0 Å². The highest BCUT2D eigenvalue weighted by molar-refractivity contribution is 6.02. The number of halogens is 3. The Labute approximate surface area is 134 Å². The zero-order valence-electron chi connectivity index (χ0n) is 12.0. The second kappa shape index (κ2) is 6.11. The summed E-state index contributed by atoms with van der Waals surface area (Å²) < 4.78 is 39.0. The van der Waals surface area contributed by atoms with Crippen molar-refractivity contribution in [3.8, 4) is 5.82 Å². The molecule has 0 spiro atoms. The summed E-state index contributed by atoms with van der Waals surface area (Å²) in [7, 11) is 0. The van der Waals surface area contributed by atoms with E-state index in [2.05, 4.69) is 20.3 Å². The Bertz CT molecular complexity index is 844. The van der Waals surface area contributed by atoms with Gasteiger partial charge in [0, 0.05) is 12.4 Å². The van der Waals surface area contributed by atoms with E-state index < -0.39 is 17.8 Å². The lowest BCUT2D eigenvalue weighted by Crippen LogP contribution is -2.15. The topological polar surface area (TPSA) is 72.7 Å². The first-order chi connectivity index (χ1) is 11.4. The Kier molecular flexibility index (Phi) is 3.98. The van der Waals surface area contributed by atoms with Crippen LogP contribution in [0.3, 0.4) is 0 Å². The maximum atomic E-state index is 12.5.